The van der Waals surface area contributed by atoms with Crippen LogP contribution in [0.2, 0.25) is 0 Å². The Morgan fingerprint density at radius 1 is 1.33 bits per heavy atom. The van der Waals surface area contributed by atoms with Crippen molar-refractivity contribution < 1.29 is 14.6 Å². The van der Waals surface area contributed by atoms with E-state index in [0.717, 1.165) is 28.5 Å². The SMILES string of the molecule is CCCNc1ncc(COc2ccc(CO)cc2OC)s1. The molecular formula is C15H20N2O3S. The van der Waals surface area contributed by atoms with Crippen LogP contribution in [0, 0.1) is 0 Å². The first-order chi connectivity index (χ1) is 10.3. The van der Waals surface area contributed by atoms with Crippen LogP contribution in [-0.4, -0.2) is 23.7 Å². The molecule has 0 amide bonds. The van der Waals surface area contributed by atoms with Crippen molar-refractivity contribution in [1.82, 2.24) is 4.98 Å². The summed E-state index contributed by atoms with van der Waals surface area (Å²) in [6.45, 7) is 3.47. The molecule has 1 aromatic heterocycles. The van der Waals surface area contributed by atoms with Crippen molar-refractivity contribution in [2.45, 2.75) is 26.6 Å². The second kappa shape index (κ2) is 7.85. The largest absolute Gasteiger partial charge is 0.493 e. The Kier molecular flexibility index (Phi) is 5.83. The van der Waals surface area contributed by atoms with Gasteiger partial charge in [0.05, 0.1) is 18.6 Å². The zero-order chi connectivity index (χ0) is 15.1. The molecule has 2 rings (SSSR count). The van der Waals surface area contributed by atoms with Crippen molar-refractivity contribution >= 4 is 16.5 Å². The average Bonchev–Trinajstić information content (AvgIpc) is 2.98. The van der Waals surface area contributed by atoms with Crippen molar-refractivity contribution in [2.75, 3.05) is 19.0 Å². The quantitative estimate of drug-likeness (QED) is 0.785. The number of hydrogen-bond acceptors (Lipinski definition) is 6. The van der Waals surface area contributed by atoms with E-state index < -0.39 is 0 Å². The number of hydrogen-bond donors (Lipinski definition) is 2. The first kappa shape index (κ1) is 15.6. The maximum Gasteiger partial charge on any atom is 0.182 e. The molecule has 1 aromatic carbocycles. The number of anilines is 1. The van der Waals surface area contributed by atoms with Gasteiger partial charge in [-0.1, -0.05) is 24.3 Å². The van der Waals surface area contributed by atoms with E-state index in [0.29, 0.717) is 18.1 Å². The summed E-state index contributed by atoms with van der Waals surface area (Å²) in [7, 11) is 1.59. The van der Waals surface area contributed by atoms with Crippen LogP contribution in [0.3, 0.4) is 0 Å². The Bertz CT molecular complexity index is 572. The fourth-order valence-corrected chi connectivity index (χ4v) is 2.52. The third-order valence-electron chi connectivity index (χ3n) is 2.86. The molecule has 0 saturated heterocycles. The fourth-order valence-electron chi connectivity index (χ4n) is 1.77. The van der Waals surface area contributed by atoms with Gasteiger partial charge in [0, 0.05) is 12.7 Å². The molecule has 0 unspecified atom stereocenters. The number of aromatic nitrogens is 1. The van der Waals surface area contributed by atoms with Crippen molar-refractivity contribution in [3.8, 4) is 11.5 Å². The van der Waals surface area contributed by atoms with Gasteiger partial charge < -0.3 is 19.9 Å². The Hall–Kier alpha value is -1.79. The van der Waals surface area contributed by atoms with Crippen LogP contribution in [0.25, 0.3) is 0 Å². The van der Waals surface area contributed by atoms with Crippen molar-refractivity contribution in [2.24, 2.45) is 0 Å². The van der Waals surface area contributed by atoms with Gasteiger partial charge in [-0.2, -0.15) is 0 Å². The molecular weight excluding hydrogens is 288 g/mol. The summed E-state index contributed by atoms with van der Waals surface area (Å²) in [6.07, 6.45) is 2.89. The molecule has 0 radical (unpaired) electrons. The van der Waals surface area contributed by atoms with Gasteiger partial charge in [-0.05, 0) is 24.1 Å². The molecule has 0 bridgehead atoms. The summed E-state index contributed by atoms with van der Waals surface area (Å²) in [4.78, 5) is 5.34. The van der Waals surface area contributed by atoms with Crippen molar-refractivity contribution in [3.63, 3.8) is 0 Å². The molecule has 0 spiro atoms. The highest BCUT2D eigenvalue weighted by atomic mass is 32.1. The van der Waals surface area contributed by atoms with Crippen LogP contribution in [0.5, 0.6) is 11.5 Å². The molecule has 0 fully saturated rings. The zero-order valence-corrected chi connectivity index (χ0v) is 13.1. The predicted molar refractivity (Wildman–Crippen MR) is 84.1 cm³/mol. The third kappa shape index (κ3) is 4.34. The Morgan fingerprint density at radius 2 is 2.19 bits per heavy atom. The molecule has 0 aliphatic carbocycles. The van der Waals surface area contributed by atoms with Gasteiger partial charge in [-0.3, -0.25) is 0 Å². The lowest BCUT2D eigenvalue weighted by Crippen LogP contribution is -1.98. The number of nitrogens with one attached hydrogen (secondary N) is 1. The summed E-state index contributed by atoms with van der Waals surface area (Å²) in [5.74, 6) is 1.28. The number of aliphatic hydroxyl groups excluding tert-OH is 1. The standard InChI is InChI=1S/C15H20N2O3S/c1-3-6-16-15-17-8-12(21-15)10-20-13-5-4-11(9-18)7-14(13)19-2/h4-5,7-8,18H,3,6,9-10H2,1-2H3,(H,16,17). The molecule has 0 atom stereocenters. The van der Waals surface area contributed by atoms with Crippen LogP contribution in [0.4, 0.5) is 5.13 Å². The van der Waals surface area contributed by atoms with E-state index in [1.54, 1.807) is 24.5 Å². The molecule has 21 heavy (non-hydrogen) atoms. The normalized spacial score (nSPS) is 10.4. The number of aliphatic hydroxyl groups is 1. The molecule has 1 heterocycles. The van der Waals surface area contributed by atoms with Gasteiger partial charge in [-0.15, -0.1) is 0 Å². The predicted octanol–water partition coefficient (Wildman–Crippen LogP) is 3.04. The highest BCUT2D eigenvalue weighted by molar-refractivity contribution is 7.15. The number of thiazole rings is 1. The van der Waals surface area contributed by atoms with E-state index in [4.69, 9.17) is 14.6 Å². The summed E-state index contributed by atoms with van der Waals surface area (Å²) in [5.41, 5.74) is 0.794. The third-order valence-corrected chi connectivity index (χ3v) is 3.79. The van der Waals surface area contributed by atoms with E-state index in [2.05, 4.69) is 17.2 Å². The number of rotatable bonds is 8. The maximum atomic E-state index is 9.12. The van der Waals surface area contributed by atoms with E-state index in [9.17, 15) is 0 Å². The van der Waals surface area contributed by atoms with Crippen LogP contribution in [0.15, 0.2) is 24.4 Å². The average molecular weight is 308 g/mol. The lowest BCUT2D eigenvalue weighted by Gasteiger charge is -2.10. The zero-order valence-electron chi connectivity index (χ0n) is 12.3. The molecule has 2 N–H and O–H groups in total. The number of nitrogens with zero attached hydrogens (tertiary/aromatic N) is 1. The van der Waals surface area contributed by atoms with E-state index >= 15 is 0 Å². The van der Waals surface area contributed by atoms with Gasteiger partial charge in [0.2, 0.25) is 0 Å². The second-order valence-corrected chi connectivity index (χ2v) is 5.61. The smallest absolute Gasteiger partial charge is 0.182 e. The number of benzene rings is 1. The molecule has 6 heteroatoms. The Morgan fingerprint density at radius 3 is 2.90 bits per heavy atom. The molecule has 2 aromatic rings. The summed E-state index contributed by atoms with van der Waals surface area (Å²) < 4.78 is 11.0. The van der Waals surface area contributed by atoms with Gasteiger partial charge in [0.15, 0.2) is 16.6 Å². The lowest BCUT2D eigenvalue weighted by atomic mass is 10.2. The van der Waals surface area contributed by atoms with Crippen molar-refractivity contribution in [3.05, 3.63) is 34.8 Å². The minimum Gasteiger partial charge on any atom is -0.493 e. The maximum absolute atomic E-state index is 9.12. The minimum atomic E-state index is -0.0159. The van der Waals surface area contributed by atoms with E-state index in [1.165, 1.54) is 0 Å². The summed E-state index contributed by atoms with van der Waals surface area (Å²) in [6, 6.07) is 5.40. The molecule has 0 aliphatic rings. The van der Waals surface area contributed by atoms with Crippen LogP contribution in [-0.2, 0) is 13.2 Å². The van der Waals surface area contributed by atoms with Crippen LogP contribution >= 0.6 is 11.3 Å². The van der Waals surface area contributed by atoms with Gasteiger partial charge in [0.25, 0.3) is 0 Å². The van der Waals surface area contributed by atoms with Gasteiger partial charge in [0.1, 0.15) is 6.61 Å². The second-order valence-electron chi connectivity index (χ2n) is 4.49. The first-order valence-corrected chi connectivity index (χ1v) is 7.67. The highest BCUT2D eigenvalue weighted by Crippen LogP contribution is 2.29. The molecule has 0 saturated carbocycles. The summed E-state index contributed by atoms with van der Waals surface area (Å²) >= 11 is 1.59. The van der Waals surface area contributed by atoms with Gasteiger partial charge in [-0.25, -0.2) is 4.98 Å². The first-order valence-electron chi connectivity index (χ1n) is 6.86. The molecule has 114 valence electrons. The fraction of sp³-hybridized carbons (Fsp3) is 0.400. The van der Waals surface area contributed by atoms with Crippen molar-refractivity contribution in [1.29, 1.82) is 0 Å². The monoisotopic (exact) mass is 308 g/mol. The number of ether oxygens (including phenoxy) is 2. The highest BCUT2D eigenvalue weighted by Gasteiger charge is 2.07. The topological polar surface area (TPSA) is 63.6 Å². The van der Waals surface area contributed by atoms with Crippen LogP contribution < -0.4 is 14.8 Å². The number of methoxy groups -OCH3 is 1. The summed E-state index contributed by atoms with van der Waals surface area (Å²) in [5, 5.41) is 13.3. The van der Waals surface area contributed by atoms with E-state index in [-0.39, 0.29) is 6.61 Å². The lowest BCUT2D eigenvalue weighted by molar-refractivity contribution is 0.275. The van der Waals surface area contributed by atoms with Gasteiger partial charge >= 0.3 is 0 Å². The van der Waals surface area contributed by atoms with Crippen LogP contribution in [0.1, 0.15) is 23.8 Å². The minimum absolute atomic E-state index is 0.0159. The molecule has 5 nitrogen and oxygen atoms in total. The van der Waals surface area contributed by atoms with E-state index in [1.807, 2.05) is 18.3 Å². The Balaban J connectivity index is 1.97. The molecule has 0 aliphatic heterocycles. The Labute approximate surface area is 128 Å².